The molecule has 0 saturated carbocycles. The Balaban J connectivity index is 1.19. The van der Waals surface area contributed by atoms with Gasteiger partial charge in [0.1, 0.15) is 0 Å². The Bertz CT molecular complexity index is 1950. The molecule has 0 aliphatic carbocycles. The number of thiophene rings is 4. The largest absolute Gasteiger partial charge is 0.133 e. The van der Waals surface area contributed by atoms with Crippen molar-refractivity contribution in [3.63, 3.8) is 0 Å². The first-order valence-corrected chi connectivity index (χ1v) is 16.4. The fraction of sp³-hybridized carbons (Fsp3) is 0. The van der Waals surface area contributed by atoms with Gasteiger partial charge in [0.2, 0.25) is 0 Å². The first-order chi connectivity index (χ1) is 19.8. The molecule has 4 aromatic heterocycles. The quantitative estimate of drug-likeness (QED) is 0.189. The average molecular weight is 583 g/mol. The number of fused-ring (bicyclic) bond motifs is 2. The first kappa shape index (κ1) is 24.0. The summed E-state index contributed by atoms with van der Waals surface area (Å²) in [6, 6.07) is 48.4. The lowest BCUT2D eigenvalue weighted by molar-refractivity contribution is 1.71. The van der Waals surface area contributed by atoms with E-state index in [0.29, 0.717) is 0 Å². The monoisotopic (exact) mass is 582 g/mol. The summed E-state index contributed by atoms with van der Waals surface area (Å²) in [6.07, 6.45) is 0. The van der Waals surface area contributed by atoms with E-state index in [0.717, 1.165) is 0 Å². The van der Waals surface area contributed by atoms with Crippen LogP contribution in [-0.4, -0.2) is 0 Å². The zero-order chi connectivity index (χ0) is 26.5. The second-order valence-corrected chi connectivity index (χ2v) is 13.9. The molecule has 8 aromatic rings. The highest BCUT2D eigenvalue weighted by Crippen LogP contribution is 2.50. The van der Waals surface area contributed by atoms with Gasteiger partial charge in [-0.2, -0.15) is 0 Å². The van der Waals surface area contributed by atoms with Crippen LogP contribution in [0.2, 0.25) is 0 Å². The molecule has 0 saturated heterocycles. The van der Waals surface area contributed by atoms with Crippen LogP contribution in [0.15, 0.2) is 133 Å². The Morgan fingerprint density at radius 3 is 0.975 bits per heavy atom. The minimum absolute atomic E-state index is 1.28. The number of benzene rings is 4. The summed E-state index contributed by atoms with van der Waals surface area (Å²) in [6.45, 7) is 0. The van der Waals surface area contributed by atoms with Crippen molar-refractivity contribution in [1.82, 2.24) is 0 Å². The van der Waals surface area contributed by atoms with Gasteiger partial charge < -0.3 is 0 Å². The lowest BCUT2D eigenvalue weighted by Gasteiger charge is -1.97. The van der Waals surface area contributed by atoms with Crippen molar-refractivity contribution in [1.29, 1.82) is 0 Å². The van der Waals surface area contributed by atoms with E-state index < -0.39 is 0 Å². The summed E-state index contributed by atoms with van der Waals surface area (Å²) in [7, 11) is 0. The van der Waals surface area contributed by atoms with Gasteiger partial charge in [-0.1, -0.05) is 109 Å². The molecule has 0 fully saturated rings. The maximum Gasteiger partial charge on any atom is 0.0528 e. The lowest BCUT2D eigenvalue weighted by Crippen LogP contribution is -1.72. The van der Waals surface area contributed by atoms with Gasteiger partial charge in [-0.15, -0.1) is 45.3 Å². The predicted molar refractivity (Wildman–Crippen MR) is 180 cm³/mol. The molecule has 0 aliphatic heterocycles. The van der Waals surface area contributed by atoms with Crippen molar-refractivity contribution < 1.29 is 0 Å². The molecule has 4 heteroatoms. The summed E-state index contributed by atoms with van der Waals surface area (Å²) >= 11 is 7.62. The molecular weight excluding hydrogens is 561 g/mol. The molecule has 0 N–H and O–H groups in total. The van der Waals surface area contributed by atoms with Crippen LogP contribution in [0.3, 0.4) is 0 Å². The minimum atomic E-state index is 1.28. The van der Waals surface area contributed by atoms with Crippen LogP contribution in [0.4, 0.5) is 0 Å². The third kappa shape index (κ3) is 4.07. The summed E-state index contributed by atoms with van der Waals surface area (Å²) in [4.78, 5) is 10.7. The molecule has 0 radical (unpaired) electrons. The fourth-order valence-electron chi connectivity index (χ4n) is 5.34. The fourth-order valence-corrected chi connectivity index (χ4v) is 10.3. The normalized spacial score (nSPS) is 11.5. The Kier molecular flexibility index (Phi) is 6.00. The van der Waals surface area contributed by atoms with Crippen LogP contribution in [0, 0.1) is 0 Å². The SMILES string of the molecule is c1ccc(-c2sc(-c3ccc(-c4ccc(-c5sc(-c6ccccc6)c6ccccc56)s4)s3)c3ccccc23)cc1. The van der Waals surface area contributed by atoms with Crippen molar-refractivity contribution >= 4 is 66.9 Å². The van der Waals surface area contributed by atoms with Crippen LogP contribution in [0.1, 0.15) is 0 Å². The molecule has 0 spiro atoms. The van der Waals surface area contributed by atoms with E-state index in [1.165, 1.54) is 71.7 Å². The van der Waals surface area contributed by atoms with E-state index in [-0.39, 0.29) is 0 Å². The molecule has 4 heterocycles. The van der Waals surface area contributed by atoms with Crippen LogP contribution in [-0.2, 0) is 0 Å². The maximum atomic E-state index is 2.31. The molecule has 0 amide bonds. The zero-order valence-corrected chi connectivity index (χ0v) is 24.6. The van der Waals surface area contributed by atoms with E-state index in [1.807, 2.05) is 45.3 Å². The standard InChI is InChI=1S/C36H22S4/c1-3-11-23(12-4-1)33-25-15-7-9-17-27(25)35(39-33)31-21-19-29(37-31)30-20-22-32(38-30)36-28-18-10-8-16-26(28)34(40-36)24-13-5-2-6-14-24/h1-22H. The van der Waals surface area contributed by atoms with Crippen molar-refractivity contribution in [2.24, 2.45) is 0 Å². The van der Waals surface area contributed by atoms with Crippen molar-refractivity contribution in [2.75, 3.05) is 0 Å². The van der Waals surface area contributed by atoms with E-state index in [9.17, 15) is 0 Å². The van der Waals surface area contributed by atoms with E-state index in [1.54, 1.807) is 0 Å². The molecule has 40 heavy (non-hydrogen) atoms. The highest BCUT2D eigenvalue weighted by Gasteiger charge is 2.18. The van der Waals surface area contributed by atoms with Gasteiger partial charge in [-0.25, -0.2) is 0 Å². The number of hydrogen-bond donors (Lipinski definition) is 0. The van der Waals surface area contributed by atoms with Gasteiger partial charge in [-0.05, 0) is 35.4 Å². The van der Waals surface area contributed by atoms with Crippen LogP contribution < -0.4 is 0 Å². The lowest BCUT2D eigenvalue weighted by atomic mass is 10.1. The first-order valence-electron chi connectivity index (χ1n) is 13.2. The van der Waals surface area contributed by atoms with Gasteiger partial charge in [-0.3, -0.25) is 0 Å². The third-order valence-electron chi connectivity index (χ3n) is 7.22. The Labute approximate surface area is 249 Å². The summed E-state index contributed by atoms with van der Waals surface area (Å²) in [5, 5.41) is 5.34. The summed E-state index contributed by atoms with van der Waals surface area (Å²) < 4.78 is 0. The highest BCUT2D eigenvalue weighted by molar-refractivity contribution is 7.30. The average Bonchev–Trinajstić information content (AvgIpc) is 3.82. The molecule has 8 rings (SSSR count). The minimum Gasteiger partial charge on any atom is -0.133 e. The van der Waals surface area contributed by atoms with Crippen LogP contribution in [0.25, 0.3) is 71.7 Å². The van der Waals surface area contributed by atoms with Gasteiger partial charge in [0.05, 0.1) is 9.75 Å². The Hall–Kier alpha value is -3.80. The molecule has 0 nitrogen and oxygen atoms in total. The molecule has 4 aromatic carbocycles. The number of hydrogen-bond acceptors (Lipinski definition) is 4. The Morgan fingerprint density at radius 2 is 0.575 bits per heavy atom. The second-order valence-electron chi connectivity index (χ2n) is 9.67. The number of rotatable bonds is 5. The molecule has 190 valence electrons. The van der Waals surface area contributed by atoms with Gasteiger partial charge in [0.25, 0.3) is 0 Å². The molecule has 0 atom stereocenters. The van der Waals surface area contributed by atoms with Crippen molar-refractivity contribution in [3.05, 3.63) is 133 Å². The van der Waals surface area contributed by atoms with E-state index in [2.05, 4.69) is 133 Å². The zero-order valence-electron chi connectivity index (χ0n) is 21.3. The predicted octanol–water partition coefficient (Wildman–Crippen LogP) is 12.6. The maximum absolute atomic E-state index is 2.31. The van der Waals surface area contributed by atoms with E-state index in [4.69, 9.17) is 0 Å². The molecule has 0 unspecified atom stereocenters. The van der Waals surface area contributed by atoms with Gasteiger partial charge >= 0.3 is 0 Å². The second kappa shape index (κ2) is 9.99. The summed E-state index contributed by atoms with van der Waals surface area (Å²) in [5.41, 5.74) is 2.57. The van der Waals surface area contributed by atoms with Crippen LogP contribution in [0.5, 0.6) is 0 Å². The topological polar surface area (TPSA) is 0 Å². The Morgan fingerprint density at radius 1 is 0.250 bits per heavy atom. The van der Waals surface area contributed by atoms with Gasteiger partial charge in [0, 0.05) is 50.8 Å². The smallest absolute Gasteiger partial charge is 0.0528 e. The van der Waals surface area contributed by atoms with E-state index >= 15 is 0 Å². The summed E-state index contributed by atoms with van der Waals surface area (Å²) in [5.74, 6) is 0. The van der Waals surface area contributed by atoms with Crippen molar-refractivity contribution in [2.45, 2.75) is 0 Å². The highest BCUT2D eigenvalue weighted by atomic mass is 32.1. The third-order valence-corrected chi connectivity index (χ3v) is 12.5. The van der Waals surface area contributed by atoms with Crippen LogP contribution >= 0.6 is 45.3 Å². The van der Waals surface area contributed by atoms with Gasteiger partial charge in [0.15, 0.2) is 0 Å². The van der Waals surface area contributed by atoms with Crippen molar-refractivity contribution in [3.8, 4) is 50.1 Å². The molecular formula is C36H22S4. The molecule has 0 aliphatic rings. The molecule has 0 bridgehead atoms.